The standard InChI is InChI=1S/C10H17ClN6/c1-17-4-2-3-7(6-17)5-13-10-15-8(11)14-9(12)16-10/h7H,2-6H2,1H3,(H3,12,13,14,15,16). The third-order valence-electron chi connectivity index (χ3n) is 2.90. The summed E-state index contributed by atoms with van der Waals surface area (Å²) in [5.74, 6) is 1.22. The highest BCUT2D eigenvalue weighted by Gasteiger charge is 2.17. The van der Waals surface area contributed by atoms with Gasteiger partial charge in [-0.15, -0.1) is 0 Å². The Labute approximate surface area is 106 Å². The number of halogens is 1. The predicted molar refractivity (Wildman–Crippen MR) is 68.0 cm³/mol. The van der Waals surface area contributed by atoms with E-state index in [1.807, 2.05) is 0 Å². The summed E-state index contributed by atoms with van der Waals surface area (Å²) in [5, 5.41) is 3.29. The zero-order valence-corrected chi connectivity index (χ0v) is 10.6. The van der Waals surface area contributed by atoms with Gasteiger partial charge in [0.2, 0.25) is 17.2 Å². The van der Waals surface area contributed by atoms with E-state index in [0.29, 0.717) is 11.9 Å². The van der Waals surface area contributed by atoms with Crippen LogP contribution in [0.25, 0.3) is 0 Å². The van der Waals surface area contributed by atoms with Gasteiger partial charge in [-0.2, -0.15) is 15.0 Å². The topological polar surface area (TPSA) is 80.0 Å². The van der Waals surface area contributed by atoms with Crippen LogP contribution in [-0.4, -0.2) is 46.5 Å². The molecule has 6 nitrogen and oxygen atoms in total. The zero-order valence-electron chi connectivity index (χ0n) is 9.86. The quantitative estimate of drug-likeness (QED) is 0.835. The van der Waals surface area contributed by atoms with Gasteiger partial charge in [0.15, 0.2) is 0 Å². The second kappa shape index (κ2) is 5.46. The molecule has 0 bridgehead atoms. The first-order valence-electron chi connectivity index (χ1n) is 5.73. The molecule has 0 saturated carbocycles. The summed E-state index contributed by atoms with van der Waals surface area (Å²) >= 11 is 5.70. The van der Waals surface area contributed by atoms with Crippen LogP contribution in [0.1, 0.15) is 12.8 Å². The molecule has 1 aliphatic rings. The van der Waals surface area contributed by atoms with Crippen LogP contribution in [0.15, 0.2) is 0 Å². The molecule has 7 heteroatoms. The van der Waals surface area contributed by atoms with Gasteiger partial charge in [-0.25, -0.2) is 0 Å². The first kappa shape index (κ1) is 12.3. The van der Waals surface area contributed by atoms with Crippen LogP contribution in [-0.2, 0) is 0 Å². The van der Waals surface area contributed by atoms with Crippen molar-refractivity contribution in [3.8, 4) is 0 Å². The van der Waals surface area contributed by atoms with E-state index in [4.69, 9.17) is 17.3 Å². The summed E-state index contributed by atoms with van der Waals surface area (Å²) in [7, 11) is 2.14. The number of nitrogens with two attached hydrogens (primary N) is 1. The number of likely N-dealkylation sites (tertiary alicyclic amines) is 1. The van der Waals surface area contributed by atoms with Crippen LogP contribution in [0.2, 0.25) is 5.28 Å². The lowest BCUT2D eigenvalue weighted by Crippen LogP contribution is -2.35. The molecule has 1 atom stereocenters. The van der Waals surface area contributed by atoms with Gasteiger partial charge in [-0.1, -0.05) is 0 Å². The highest BCUT2D eigenvalue weighted by Crippen LogP contribution is 2.15. The molecule has 0 aliphatic carbocycles. The zero-order chi connectivity index (χ0) is 12.3. The van der Waals surface area contributed by atoms with E-state index in [9.17, 15) is 0 Å². The highest BCUT2D eigenvalue weighted by molar-refractivity contribution is 6.28. The van der Waals surface area contributed by atoms with E-state index >= 15 is 0 Å². The third kappa shape index (κ3) is 3.67. The maximum absolute atomic E-state index is 5.70. The molecule has 1 fully saturated rings. The van der Waals surface area contributed by atoms with E-state index in [1.165, 1.54) is 19.4 Å². The number of anilines is 2. The Morgan fingerprint density at radius 3 is 3.00 bits per heavy atom. The van der Waals surface area contributed by atoms with Gasteiger partial charge in [-0.05, 0) is 44.0 Å². The van der Waals surface area contributed by atoms with Crippen LogP contribution in [0, 0.1) is 5.92 Å². The van der Waals surface area contributed by atoms with E-state index in [1.54, 1.807) is 0 Å². The largest absolute Gasteiger partial charge is 0.368 e. The maximum Gasteiger partial charge on any atom is 0.228 e. The fourth-order valence-corrected chi connectivity index (χ4v) is 2.29. The Hall–Kier alpha value is -1.14. The van der Waals surface area contributed by atoms with E-state index in [0.717, 1.165) is 13.1 Å². The lowest BCUT2D eigenvalue weighted by Gasteiger charge is -2.29. The van der Waals surface area contributed by atoms with Gasteiger partial charge in [0.25, 0.3) is 0 Å². The summed E-state index contributed by atoms with van der Waals surface area (Å²) in [6.45, 7) is 3.12. The lowest BCUT2D eigenvalue weighted by atomic mass is 9.99. The van der Waals surface area contributed by atoms with Gasteiger partial charge < -0.3 is 16.0 Å². The molecule has 0 amide bonds. The van der Waals surface area contributed by atoms with Crippen molar-refractivity contribution in [2.45, 2.75) is 12.8 Å². The third-order valence-corrected chi connectivity index (χ3v) is 3.07. The second-order valence-electron chi connectivity index (χ2n) is 4.44. The van der Waals surface area contributed by atoms with Crippen molar-refractivity contribution < 1.29 is 0 Å². The average Bonchev–Trinajstić information content (AvgIpc) is 2.25. The second-order valence-corrected chi connectivity index (χ2v) is 4.78. The minimum absolute atomic E-state index is 0.126. The van der Waals surface area contributed by atoms with Crippen LogP contribution in [0.5, 0.6) is 0 Å². The van der Waals surface area contributed by atoms with Crippen molar-refractivity contribution in [2.24, 2.45) is 5.92 Å². The van der Waals surface area contributed by atoms with E-state index in [2.05, 4.69) is 32.2 Å². The number of aromatic nitrogens is 3. The molecule has 1 aromatic rings. The number of hydrogen-bond acceptors (Lipinski definition) is 6. The van der Waals surface area contributed by atoms with Gasteiger partial charge in [0.1, 0.15) is 0 Å². The molecule has 0 aromatic carbocycles. The molecule has 1 aromatic heterocycles. The molecule has 94 valence electrons. The SMILES string of the molecule is CN1CCCC(CNc2nc(N)nc(Cl)n2)C1. The van der Waals surface area contributed by atoms with Crippen molar-refractivity contribution in [3.63, 3.8) is 0 Å². The fourth-order valence-electron chi connectivity index (χ4n) is 2.12. The van der Waals surface area contributed by atoms with Crippen LogP contribution < -0.4 is 11.1 Å². The molecule has 2 heterocycles. The highest BCUT2D eigenvalue weighted by atomic mass is 35.5. The Kier molecular flexibility index (Phi) is 3.96. The molecule has 2 rings (SSSR count). The van der Waals surface area contributed by atoms with Gasteiger partial charge in [0.05, 0.1) is 0 Å². The van der Waals surface area contributed by atoms with Crippen LogP contribution in [0.3, 0.4) is 0 Å². The van der Waals surface area contributed by atoms with Gasteiger partial charge in [-0.3, -0.25) is 0 Å². The molecule has 17 heavy (non-hydrogen) atoms. The molecular weight excluding hydrogens is 240 g/mol. The van der Waals surface area contributed by atoms with E-state index in [-0.39, 0.29) is 11.2 Å². The molecule has 0 spiro atoms. The molecular formula is C10H17ClN6. The average molecular weight is 257 g/mol. The number of nitrogens with one attached hydrogen (secondary N) is 1. The maximum atomic E-state index is 5.70. The van der Waals surface area contributed by atoms with Crippen LogP contribution >= 0.6 is 11.6 Å². The molecule has 3 N–H and O–H groups in total. The van der Waals surface area contributed by atoms with Crippen molar-refractivity contribution in [1.82, 2.24) is 19.9 Å². The van der Waals surface area contributed by atoms with Crippen molar-refractivity contribution >= 4 is 23.5 Å². The molecule has 1 unspecified atom stereocenters. The summed E-state index contributed by atoms with van der Waals surface area (Å²) in [6.07, 6.45) is 2.47. The monoisotopic (exact) mass is 256 g/mol. The van der Waals surface area contributed by atoms with Crippen molar-refractivity contribution in [3.05, 3.63) is 5.28 Å². The minimum Gasteiger partial charge on any atom is -0.368 e. The predicted octanol–water partition coefficient (Wildman–Crippen LogP) is 0.861. The Bertz CT molecular complexity index is 365. The Morgan fingerprint density at radius 1 is 1.47 bits per heavy atom. The van der Waals surface area contributed by atoms with Crippen molar-refractivity contribution in [1.29, 1.82) is 0 Å². The normalized spacial score (nSPS) is 21.4. The van der Waals surface area contributed by atoms with Gasteiger partial charge >= 0.3 is 0 Å². The van der Waals surface area contributed by atoms with Crippen molar-refractivity contribution in [2.75, 3.05) is 37.7 Å². The number of nitrogen functional groups attached to an aromatic ring is 1. The summed E-state index contributed by atoms with van der Waals surface area (Å²) in [6, 6.07) is 0. The summed E-state index contributed by atoms with van der Waals surface area (Å²) in [4.78, 5) is 14.0. The number of nitrogens with zero attached hydrogens (tertiary/aromatic N) is 4. The first-order valence-corrected chi connectivity index (χ1v) is 6.11. The molecule has 1 saturated heterocycles. The smallest absolute Gasteiger partial charge is 0.228 e. The first-order chi connectivity index (χ1) is 8.13. The lowest BCUT2D eigenvalue weighted by molar-refractivity contribution is 0.217. The van der Waals surface area contributed by atoms with E-state index < -0.39 is 0 Å². The summed E-state index contributed by atoms with van der Waals surface area (Å²) < 4.78 is 0. The molecule has 0 radical (unpaired) electrons. The van der Waals surface area contributed by atoms with Gasteiger partial charge in [0, 0.05) is 13.1 Å². The van der Waals surface area contributed by atoms with Crippen LogP contribution in [0.4, 0.5) is 11.9 Å². The number of hydrogen-bond donors (Lipinski definition) is 2. The fraction of sp³-hybridized carbons (Fsp3) is 0.700. The summed E-state index contributed by atoms with van der Waals surface area (Å²) in [5.41, 5.74) is 5.50. The number of rotatable bonds is 3. The Morgan fingerprint density at radius 2 is 2.29 bits per heavy atom. The Balaban J connectivity index is 1.88. The minimum atomic E-state index is 0.126. The molecule has 1 aliphatic heterocycles. The number of piperidine rings is 1.